The third kappa shape index (κ3) is 4.39. The van der Waals surface area contributed by atoms with E-state index in [-0.39, 0.29) is 11.7 Å². The number of alkyl halides is 3. The lowest BCUT2D eigenvalue weighted by Gasteiger charge is -2.33. The lowest BCUT2D eigenvalue weighted by molar-refractivity contribution is -0.0435. The van der Waals surface area contributed by atoms with E-state index in [1.807, 2.05) is 0 Å². The van der Waals surface area contributed by atoms with Gasteiger partial charge in [-0.25, -0.2) is 22.0 Å². The number of likely N-dealkylation sites (tertiary alicyclic amines) is 1. The molecule has 0 radical (unpaired) electrons. The second-order valence-electron chi connectivity index (χ2n) is 6.84. The second-order valence-corrected chi connectivity index (χ2v) is 10.3. The van der Waals surface area contributed by atoms with Crippen LogP contribution >= 0.6 is 0 Å². The average molecular weight is 427 g/mol. The number of benzene rings is 1. The minimum Gasteiger partial charge on any atom is -0.381 e. The third-order valence-corrected chi connectivity index (χ3v) is 7.27. The van der Waals surface area contributed by atoms with E-state index in [0.29, 0.717) is 24.9 Å². The topological polar surface area (TPSA) is 110 Å². The Hall–Kier alpha value is -1.37. The van der Waals surface area contributed by atoms with Crippen molar-refractivity contribution in [1.29, 1.82) is 0 Å². The highest BCUT2D eigenvalue weighted by atomic mass is 32.2. The van der Waals surface area contributed by atoms with E-state index in [9.17, 15) is 30.0 Å². The Labute approximate surface area is 155 Å². The summed E-state index contributed by atoms with van der Waals surface area (Å²) < 4.78 is 85.9. The lowest BCUT2D eigenvalue weighted by Crippen LogP contribution is -2.40. The highest BCUT2D eigenvalue weighted by Gasteiger charge is 2.48. The van der Waals surface area contributed by atoms with Gasteiger partial charge in [0.05, 0.1) is 10.6 Å². The maximum Gasteiger partial charge on any atom is 0.501 e. The summed E-state index contributed by atoms with van der Waals surface area (Å²) in [5, 5.41) is 7.78. The molecule has 2 aliphatic rings. The van der Waals surface area contributed by atoms with Gasteiger partial charge in [0, 0.05) is 25.2 Å². The molecule has 1 saturated heterocycles. The molecule has 2 fully saturated rings. The number of halogens is 3. The van der Waals surface area contributed by atoms with Crippen LogP contribution in [0.1, 0.15) is 25.7 Å². The molecule has 1 heterocycles. The fourth-order valence-electron chi connectivity index (χ4n) is 3.21. The summed E-state index contributed by atoms with van der Waals surface area (Å²) in [5.41, 5.74) is -5.83. The third-order valence-electron chi connectivity index (χ3n) is 4.83. The number of nitrogens with zero attached hydrogens (tertiary/aromatic N) is 1. The maximum atomic E-state index is 13.0. The van der Waals surface area contributed by atoms with E-state index < -0.39 is 35.2 Å². The summed E-state index contributed by atoms with van der Waals surface area (Å²) in [4.78, 5) is 0.487. The van der Waals surface area contributed by atoms with Crippen LogP contribution in [0.2, 0.25) is 0 Å². The Morgan fingerprint density at radius 2 is 1.63 bits per heavy atom. The molecule has 152 valence electrons. The molecule has 12 heteroatoms. The molecular formula is C15H20F3N3O4S2. The van der Waals surface area contributed by atoms with Crippen molar-refractivity contribution in [3.63, 3.8) is 0 Å². The van der Waals surface area contributed by atoms with Crippen LogP contribution in [-0.4, -0.2) is 52.4 Å². The molecule has 3 N–H and O–H groups in total. The smallest absolute Gasteiger partial charge is 0.381 e. The van der Waals surface area contributed by atoms with Gasteiger partial charge in [0.15, 0.2) is 0 Å². The number of sulfone groups is 1. The predicted octanol–water partition coefficient (Wildman–Crippen LogP) is 1.67. The second kappa shape index (κ2) is 6.90. The van der Waals surface area contributed by atoms with E-state index in [1.165, 1.54) is 0 Å². The normalized spacial score (nSPS) is 20.6. The standard InChI is InChI=1S/C15H20F3N3O4S2/c16-15(17,18)26(22,23)14-9-12(27(19,24)25)3-4-13(14)20-10-5-7-21(8-6-10)11-1-2-11/h3-4,9-11,20H,1-2,5-8H2,(H2,19,24,25). The quantitative estimate of drug-likeness (QED) is 0.740. The summed E-state index contributed by atoms with van der Waals surface area (Å²) in [7, 11) is -10.1. The van der Waals surface area contributed by atoms with Crippen molar-refractivity contribution in [3.8, 4) is 0 Å². The van der Waals surface area contributed by atoms with Crippen LogP contribution in [-0.2, 0) is 19.9 Å². The zero-order valence-corrected chi connectivity index (χ0v) is 15.9. The Kier molecular flexibility index (Phi) is 5.21. The first-order valence-electron chi connectivity index (χ1n) is 8.38. The Morgan fingerprint density at radius 3 is 2.11 bits per heavy atom. The van der Waals surface area contributed by atoms with Crippen LogP contribution in [0.4, 0.5) is 18.9 Å². The van der Waals surface area contributed by atoms with Gasteiger partial charge in [-0.15, -0.1) is 0 Å². The molecule has 0 atom stereocenters. The van der Waals surface area contributed by atoms with Crippen molar-refractivity contribution >= 4 is 25.5 Å². The zero-order chi connectivity index (χ0) is 20.0. The first kappa shape index (κ1) is 20.4. The highest BCUT2D eigenvalue weighted by Crippen LogP contribution is 2.37. The number of nitrogens with two attached hydrogens (primary N) is 1. The van der Waals surface area contributed by atoms with Crippen molar-refractivity contribution in [2.75, 3.05) is 18.4 Å². The number of primary sulfonamides is 1. The van der Waals surface area contributed by atoms with E-state index in [0.717, 1.165) is 38.1 Å². The van der Waals surface area contributed by atoms with Gasteiger partial charge in [-0.2, -0.15) is 13.2 Å². The molecule has 0 aromatic heterocycles. The van der Waals surface area contributed by atoms with Crippen molar-refractivity contribution < 1.29 is 30.0 Å². The molecule has 0 bridgehead atoms. The molecule has 0 amide bonds. The van der Waals surface area contributed by atoms with E-state index in [2.05, 4.69) is 10.2 Å². The van der Waals surface area contributed by atoms with Gasteiger partial charge in [-0.1, -0.05) is 0 Å². The van der Waals surface area contributed by atoms with Crippen LogP contribution in [0, 0.1) is 0 Å². The van der Waals surface area contributed by atoms with E-state index in [4.69, 9.17) is 5.14 Å². The molecule has 0 unspecified atom stereocenters. The fourth-order valence-corrected chi connectivity index (χ4v) is 4.78. The van der Waals surface area contributed by atoms with Crippen LogP contribution in [0.3, 0.4) is 0 Å². The van der Waals surface area contributed by atoms with Crippen LogP contribution < -0.4 is 10.5 Å². The fraction of sp³-hybridized carbons (Fsp3) is 0.600. The summed E-state index contributed by atoms with van der Waals surface area (Å²) in [6.07, 6.45) is 3.61. The van der Waals surface area contributed by atoms with Crippen molar-refractivity contribution in [2.24, 2.45) is 5.14 Å². The van der Waals surface area contributed by atoms with Gasteiger partial charge in [0.25, 0.3) is 9.84 Å². The number of anilines is 1. The number of hydrogen-bond acceptors (Lipinski definition) is 6. The summed E-state index contributed by atoms with van der Waals surface area (Å²) in [6, 6.07) is 2.85. The first-order chi connectivity index (χ1) is 12.4. The highest BCUT2D eigenvalue weighted by molar-refractivity contribution is 7.92. The van der Waals surface area contributed by atoms with Gasteiger partial charge >= 0.3 is 5.51 Å². The molecule has 1 aliphatic heterocycles. The molecule has 1 aromatic carbocycles. The van der Waals surface area contributed by atoms with Crippen LogP contribution in [0.5, 0.6) is 0 Å². The summed E-state index contributed by atoms with van der Waals surface area (Å²) >= 11 is 0. The number of hydrogen-bond donors (Lipinski definition) is 2. The van der Waals surface area contributed by atoms with Gasteiger partial charge in [-0.3, -0.25) is 0 Å². The predicted molar refractivity (Wildman–Crippen MR) is 92.3 cm³/mol. The van der Waals surface area contributed by atoms with E-state index in [1.54, 1.807) is 0 Å². The SMILES string of the molecule is NS(=O)(=O)c1ccc(NC2CCN(C3CC3)CC2)c(S(=O)(=O)C(F)(F)F)c1. The van der Waals surface area contributed by atoms with Crippen LogP contribution in [0.15, 0.2) is 28.0 Å². The summed E-state index contributed by atoms with van der Waals surface area (Å²) in [6.45, 7) is 1.55. The molecule has 27 heavy (non-hydrogen) atoms. The maximum absolute atomic E-state index is 13.0. The molecule has 3 rings (SSSR count). The van der Waals surface area contributed by atoms with Gasteiger partial charge < -0.3 is 10.2 Å². The van der Waals surface area contributed by atoms with Crippen molar-refractivity contribution in [1.82, 2.24) is 4.90 Å². The summed E-state index contributed by atoms with van der Waals surface area (Å²) in [5.74, 6) is 0. The molecular weight excluding hydrogens is 407 g/mol. The lowest BCUT2D eigenvalue weighted by atomic mass is 10.0. The number of piperidine rings is 1. The molecule has 7 nitrogen and oxygen atoms in total. The number of rotatable bonds is 5. The molecule has 1 aliphatic carbocycles. The monoisotopic (exact) mass is 427 g/mol. The minimum atomic E-state index is -5.75. The Bertz CT molecular complexity index is 920. The largest absolute Gasteiger partial charge is 0.501 e. The first-order valence-corrected chi connectivity index (χ1v) is 11.4. The van der Waals surface area contributed by atoms with Crippen molar-refractivity contribution in [2.45, 2.75) is 53.1 Å². The number of sulfonamides is 1. The number of nitrogens with one attached hydrogen (secondary N) is 1. The Balaban J connectivity index is 1.90. The van der Waals surface area contributed by atoms with Crippen LogP contribution in [0.25, 0.3) is 0 Å². The van der Waals surface area contributed by atoms with E-state index >= 15 is 0 Å². The minimum absolute atomic E-state index is 0.206. The molecule has 1 saturated carbocycles. The van der Waals surface area contributed by atoms with Gasteiger partial charge in [0.1, 0.15) is 4.90 Å². The van der Waals surface area contributed by atoms with Gasteiger partial charge in [0.2, 0.25) is 10.0 Å². The average Bonchev–Trinajstić information content (AvgIpc) is 3.38. The Morgan fingerprint density at radius 1 is 1.04 bits per heavy atom. The molecule has 0 spiro atoms. The zero-order valence-electron chi connectivity index (χ0n) is 14.2. The van der Waals surface area contributed by atoms with Crippen molar-refractivity contribution in [3.05, 3.63) is 18.2 Å². The molecule has 1 aromatic rings. The van der Waals surface area contributed by atoms with Gasteiger partial charge in [-0.05, 0) is 43.9 Å².